The first-order valence-corrected chi connectivity index (χ1v) is 30.7. The second-order valence-electron chi connectivity index (χ2n) is 22.3. The maximum Gasteiger partial charge on any atom is 0.306 e. The highest BCUT2D eigenvalue weighted by atomic mass is 16.6. The van der Waals surface area contributed by atoms with Gasteiger partial charge in [-0.15, -0.1) is 0 Å². The van der Waals surface area contributed by atoms with Crippen molar-refractivity contribution in [1.82, 2.24) is 0 Å². The van der Waals surface area contributed by atoms with E-state index >= 15 is 0 Å². The summed E-state index contributed by atoms with van der Waals surface area (Å²) in [5.41, 5.74) is 0. The summed E-state index contributed by atoms with van der Waals surface area (Å²) < 4.78 is 16.9. The molecule has 0 aromatic carbocycles. The van der Waals surface area contributed by atoms with Gasteiger partial charge in [-0.2, -0.15) is 0 Å². The van der Waals surface area contributed by atoms with E-state index < -0.39 is 6.10 Å². The molecule has 0 bridgehead atoms. The van der Waals surface area contributed by atoms with Gasteiger partial charge >= 0.3 is 17.9 Å². The van der Waals surface area contributed by atoms with Crippen LogP contribution in [0.1, 0.15) is 349 Å². The van der Waals surface area contributed by atoms with Crippen molar-refractivity contribution in [3.05, 3.63) is 0 Å². The summed E-state index contributed by atoms with van der Waals surface area (Å²) in [5, 5.41) is 0. The Kier molecular flexibility index (Phi) is 53.5. The van der Waals surface area contributed by atoms with Gasteiger partial charge in [-0.25, -0.2) is 0 Å². The summed E-state index contributed by atoms with van der Waals surface area (Å²) in [6.45, 7) is 11.4. The van der Waals surface area contributed by atoms with Crippen LogP contribution >= 0.6 is 0 Å². The largest absolute Gasteiger partial charge is 0.462 e. The molecule has 0 N–H and O–H groups in total. The van der Waals surface area contributed by atoms with Crippen molar-refractivity contribution in [3.63, 3.8) is 0 Å². The summed E-state index contributed by atoms with van der Waals surface area (Å²) in [6.07, 6.45) is 59.6. The number of carbonyl (C=O) groups is 3. The molecular formula is C62H120O6. The summed E-state index contributed by atoms with van der Waals surface area (Å²) >= 11 is 0. The van der Waals surface area contributed by atoms with Crippen LogP contribution in [0.5, 0.6) is 0 Å². The smallest absolute Gasteiger partial charge is 0.306 e. The zero-order valence-electron chi connectivity index (χ0n) is 46.7. The highest BCUT2D eigenvalue weighted by molar-refractivity contribution is 5.71. The van der Waals surface area contributed by atoms with Crippen LogP contribution in [0.4, 0.5) is 0 Å². The van der Waals surface area contributed by atoms with E-state index in [1.807, 2.05) is 0 Å². The van der Waals surface area contributed by atoms with Crippen molar-refractivity contribution in [2.24, 2.45) is 11.8 Å². The molecule has 0 aliphatic carbocycles. The standard InChI is InChI=1S/C62H120O6/c1-6-7-8-9-10-11-25-32-37-42-47-52-60(63)66-55-59(68-62(65)54-49-44-39-34-29-24-20-16-18-22-27-31-36-41-46-51-58(4)5)56-67-61(64)53-48-43-38-33-28-23-19-15-13-12-14-17-21-26-30-35-40-45-50-57(2)3/h57-59H,6-56H2,1-5H3/t59-/m0/s1. The fourth-order valence-corrected chi connectivity index (χ4v) is 9.58. The lowest BCUT2D eigenvalue weighted by atomic mass is 10.0. The molecule has 0 amide bonds. The highest BCUT2D eigenvalue weighted by Gasteiger charge is 2.19. The maximum atomic E-state index is 12.9. The molecule has 0 aromatic rings. The van der Waals surface area contributed by atoms with E-state index in [-0.39, 0.29) is 31.1 Å². The lowest BCUT2D eigenvalue weighted by Crippen LogP contribution is -2.30. The quantitative estimate of drug-likeness (QED) is 0.0343. The maximum absolute atomic E-state index is 12.9. The molecule has 0 unspecified atom stereocenters. The molecule has 0 aliphatic rings. The first-order valence-electron chi connectivity index (χ1n) is 30.7. The minimum atomic E-state index is -0.762. The number of ether oxygens (including phenoxy) is 3. The molecule has 0 heterocycles. The van der Waals surface area contributed by atoms with Gasteiger partial charge in [-0.3, -0.25) is 14.4 Å². The number of esters is 3. The van der Waals surface area contributed by atoms with Crippen LogP contribution in [-0.4, -0.2) is 37.2 Å². The van der Waals surface area contributed by atoms with Crippen LogP contribution < -0.4 is 0 Å². The molecule has 0 aromatic heterocycles. The van der Waals surface area contributed by atoms with Gasteiger partial charge in [0.15, 0.2) is 6.10 Å². The number of hydrogen-bond acceptors (Lipinski definition) is 6. The number of rotatable bonds is 56. The Morgan fingerprint density at radius 2 is 0.485 bits per heavy atom. The average molecular weight is 962 g/mol. The molecular weight excluding hydrogens is 841 g/mol. The van der Waals surface area contributed by atoms with Gasteiger partial charge in [0.1, 0.15) is 13.2 Å². The SMILES string of the molecule is CCCCCCCCCCCCCC(=O)OC[C@@H](COC(=O)CCCCCCCCCCCCCCCCCCCCC(C)C)OC(=O)CCCCCCCCCCCCCCCCCC(C)C. The van der Waals surface area contributed by atoms with Crippen LogP contribution in [0.2, 0.25) is 0 Å². The molecule has 6 nitrogen and oxygen atoms in total. The topological polar surface area (TPSA) is 78.9 Å². The molecule has 0 radical (unpaired) electrons. The van der Waals surface area contributed by atoms with Crippen LogP contribution in [0.15, 0.2) is 0 Å². The summed E-state index contributed by atoms with van der Waals surface area (Å²) in [5.74, 6) is 0.872. The Balaban J connectivity index is 4.22. The van der Waals surface area contributed by atoms with Crippen molar-refractivity contribution in [2.75, 3.05) is 13.2 Å². The molecule has 404 valence electrons. The number of unbranched alkanes of at least 4 members (excludes halogenated alkanes) is 41. The lowest BCUT2D eigenvalue weighted by Gasteiger charge is -2.18. The van der Waals surface area contributed by atoms with Crippen LogP contribution in [0, 0.1) is 11.8 Å². The van der Waals surface area contributed by atoms with Crippen molar-refractivity contribution in [2.45, 2.75) is 355 Å². The minimum Gasteiger partial charge on any atom is -0.462 e. The van der Waals surface area contributed by atoms with E-state index in [1.165, 1.54) is 238 Å². The summed E-state index contributed by atoms with van der Waals surface area (Å²) in [6, 6.07) is 0. The van der Waals surface area contributed by atoms with E-state index in [1.54, 1.807) is 0 Å². The molecule has 6 heteroatoms. The number of hydrogen-bond donors (Lipinski definition) is 0. The van der Waals surface area contributed by atoms with E-state index in [0.717, 1.165) is 69.6 Å². The van der Waals surface area contributed by atoms with Gasteiger partial charge in [-0.1, -0.05) is 311 Å². The molecule has 0 saturated heterocycles. The lowest BCUT2D eigenvalue weighted by molar-refractivity contribution is -0.167. The third-order valence-corrected chi connectivity index (χ3v) is 14.2. The van der Waals surface area contributed by atoms with E-state index in [0.29, 0.717) is 19.3 Å². The minimum absolute atomic E-state index is 0.0621. The first-order chi connectivity index (χ1) is 33.2. The number of carbonyl (C=O) groups excluding carboxylic acids is 3. The van der Waals surface area contributed by atoms with Gasteiger partial charge in [0, 0.05) is 19.3 Å². The molecule has 0 saturated carbocycles. The van der Waals surface area contributed by atoms with Gasteiger partial charge in [0.2, 0.25) is 0 Å². The summed E-state index contributed by atoms with van der Waals surface area (Å²) in [7, 11) is 0. The van der Waals surface area contributed by atoms with E-state index in [2.05, 4.69) is 34.6 Å². The van der Waals surface area contributed by atoms with Gasteiger partial charge in [0.25, 0.3) is 0 Å². The Morgan fingerprint density at radius 3 is 0.721 bits per heavy atom. The predicted molar refractivity (Wildman–Crippen MR) is 293 cm³/mol. The van der Waals surface area contributed by atoms with E-state index in [9.17, 15) is 14.4 Å². The van der Waals surface area contributed by atoms with Gasteiger partial charge in [0.05, 0.1) is 0 Å². The Labute approximate surface area is 425 Å². The average Bonchev–Trinajstić information content (AvgIpc) is 3.31. The van der Waals surface area contributed by atoms with Crippen LogP contribution in [0.25, 0.3) is 0 Å². The Morgan fingerprint density at radius 1 is 0.279 bits per heavy atom. The fourth-order valence-electron chi connectivity index (χ4n) is 9.58. The first kappa shape index (κ1) is 66.4. The third-order valence-electron chi connectivity index (χ3n) is 14.2. The zero-order valence-corrected chi connectivity index (χ0v) is 46.7. The zero-order chi connectivity index (χ0) is 49.6. The normalized spacial score (nSPS) is 12.0. The molecule has 0 spiro atoms. The van der Waals surface area contributed by atoms with Crippen molar-refractivity contribution in [1.29, 1.82) is 0 Å². The van der Waals surface area contributed by atoms with Crippen LogP contribution in [0.3, 0.4) is 0 Å². The second kappa shape index (κ2) is 54.7. The van der Waals surface area contributed by atoms with Crippen molar-refractivity contribution < 1.29 is 28.6 Å². The molecule has 0 aliphatic heterocycles. The van der Waals surface area contributed by atoms with Crippen molar-refractivity contribution >= 4 is 17.9 Å². The Bertz CT molecular complexity index is 1040. The monoisotopic (exact) mass is 961 g/mol. The predicted octanol–water partition coefficient (Wildman–Crippen LogP) is 20.4. The van der Waals surface area contributed by atoms with Gasteiger partial charge < -0.3 is 14.2 Å². The fraction of sp³-hybridized carbons (Fsp3) is 0.952. The van der Waals surface area contributed by atoms with Crippen LogP contribution in [-0.2, 0) is 28.6 Å². The van der Waals surface area contributed by atoms with E-state index in [4.69, 9.17) is 14.2 Å². The highest BCUT2D eigenvalue weighted by Crippen LogP contribution is 2.19. The third kappa shape index (κ3) is 55.3. The second-order valence-corrected chi connectivity index (χ2v) is 22.3. The van der Waals surface area contributed by atoms with Crippen molar-refractivity contribution in [3.8, 4) is 0 Å². The summed E-state index contributed by atoms with van der Waals surface area (Å²) in [4.78, 5) is 38.2. The molecule has 0 rings (SSSR count). The molecule has 0 fully saturated rings. The Hall–Kier alpha value is -1.59. The van der Waals surface area contributed by atoms with Gasteiger partial charge in [-0.05, 0) is 31.1 Å². The molecule has 68 heavy (non-hydrogen) atoms. The molecule has 1 atom stereocenters.